The largest absolute Gasteiger partial charge is 0.355 e. The molecule has 3 aliphatic rings. The van der Waals surface area contributed by atoms with Crippen LogP contribution in [0, 0.1) is 5.92 Å². The first kappa shape index (κ1) is 9.64. The van der Waals surface area contributed by atoms with Gasteiger partial charge in [0.1, 0.15) is 0 Å². The fourth-order valence-corrected chi connectivity index (χ4v) is 3.19. The van der Waals surface area contributed by atoms with Crippen molar-refractivity contribution in [2.45, 2.75) is 56.7 Å². The van der Waals surface area contributed by atoms with Crippen molar-refractivity contribution in [1.29, 1.82) is 0 Å². The number of aliphatic imine (C=N–C) groups is 1. The van der Waals surface area contributed by atoms with Crippen LogP contribution in [0.3, 0.4) is 0 Å². The molecule has 84 valence electrons. The summed E-state index contributed by atoms with van der Waals surface area (Å²) in [6.45, 7) is 0.854. The second-order valence-electron chi connectivity index (χ2n) is 5.33. The fourth-order valence-electron chi connectivity index (χ4n) is 3.19. The molecule has 2 fully saturated rings. The Morgan fingerprint density at radius 1 is 1.27 bits per heavy atom. The lowest BCUT2D eigenvalue weighted by molar-refractivity contribution is 0.190. The van der Waals surface area contributed by atoms with E-state index in [2.05, 4.69) is 16.2 Å². The molecule has 2 saturated carbocycles. The van der Waals surface area contributed by atoms with Crippen LogP contribution in [-0.4, -0.2) is 35.9 Å². The summed E-state index contributed by atoms with van der Waals surface area (Å²) in [7, 11) is 0. The average molecular weight is 207 g/mol. The van der Waals surface area contributed by atoms with Gasteiger partial charge in [-0.3, -0.25) is 4.99 Å². The minimum atomic E-state index is 0.611. The van der Waals surface area contributed by atoms with Gasteiger partial charge in [0.2, 0.25) is 0 Å². The van der Waals surface area contributed by atoms with Crippen LogP contribution in [0.15, 0.2) is 4.99 Å². The predicted octanol–water partition coefficient (Wildman–Crippen LogP) is 1.38. The monoisotopic (exact) mass is 207 g/mol. The highest BCUT2D eigenvalue weighted by molar-refractivity contribution is 5.60. The van der Waals surface area contributed by atoms with Crippen LogP contribution < -0.4 is 5.73 Å². The zero-order valence-electron chi connectivity index (χ0n) is 9.31. The van der Waals surface area contributed by atoms with Gasteiger partial charge < -0.3 is 10.6 Å². The SMILES string of the molecule is NCCC1CCC2N=CN(C3CC3)C2C1. The zero-order chi connectivity index (χ0) is 10.3. The van der Waals surface area contributed by atoms with Crippen molar-refractivity contribution in [2.75, 3.05) is 6.54 Å². The van der Waals surface area contributed by atoms with Crippen molar-refractivity contribution in [1.82, 2.24) is 4.90 Å². The third-order valence-corrected chi connectivity index (χ3v) is 4.21. The lowest BCUT2D eigenvalue weighted by Gasteiger charge is -2.35. The van der Waals surface area contributed by atoms with Gasteiger partial charge in [0.15, 0.2) is 0 Å². The van der Waals surface area contributed by atoms with Gasteiger partial charge in [-0.15, -0.1) is 0 Å². The standard InChI is InChI=1S/C12H21N3/c13-6-5-9-1-4-11-12(7-9)15(8-14-11)10-2-3-10/h8-12H,1-7,13H2. The van der Waals surface area contributed by atoms with E-state index in [1.807, 2.05) is 0 Å². The average Bonchev–Trinajstić information content (AvgIpc) is 3.00. The van der Waals surface area contributed by atoms with Crippen LogP contribution in [-0.2, 0) is 0 Å². The van der Waals surface area contributed by atoms with Crippen molar-refractivity contribution in [3.63, 3.8) is 0 Å². The molecule has 15 heavy (non-hydrogen) atoms. The molecule has 1 aliphatic heterocycles. The molecule has 1 heterocycles. The highest BCUT2D eigenvalue weighted by Gasteiger charge is 2.42. The van der Waals surface area contributed by atoms with E-state index in [1.165, 1.54) is 38.5 Å². The van der Waals surface area contributed by atoms with E-state index in [9.17, 15) is 0 Å². The fraction of sp³-hybridized carbons (Fsp3) is 0.917. The molecule has 3 unspecified atom stereocenters. The molecule has 3 heteroatoms. The van der Waals surface area contributed by atoms with Crippen molar-refractivity contribution in [2.24, 2.45) is 16.6 Å². The van der Waals surface area contributed by atoms with Gasteiger partial charge in [0, 0.05) is 6.04 Å². The van der Waals surface area contributed by atoms with E-state index in [0.717, 1.165) is 24.5 Å². The highest BCUT2D eigenvalue weighted by atomic mass is 15.3. The Morgan fingerprint density at radius 2 is 2.13 bits per heavy atom. The number of rotatable bonds is 3. The van der Waals surface area contributed by atoms with E-state index in [4.69, 9.17) is 5.73 Å². The van der Waals surface area contributed by atoms with Crippen molar-refractivity contribution < 1.29 is 0 Å². The summed E-state index contributed by atoms with van der Waals surface area (Å²) in [5.41, 5.74) is 5.66. The molecule has 0 aromatic rings. The third-order valence-electron chi connectivity index (χ3n) is 4.21. The highest BCUT2D eigenvalue weighted by Crippen LogP contribution is 2.39. The van der Waals surface area contributed by atoms with Crippen LogP contribution in [0.1, 0.15) is 38.5 Å². The maximum atomic E-state index is 5.66. The van der Waals surface area contributed by atoms with E-state index in [-0.39, 0.29) is 0 Å². The topological polar surface area (TPSA) is 41.6 Å². The lowest BCUT2D eigenvalue weighted by Crippen LogP contribution is -2.42. The third kappa shape index (κ3) is 1.78. The smallest absolute Gasteiger partial charge is 0.0859 e. The van der Waals surface area contributed by atoms with Crippen LogP contribution in [0.2, 0.25) is 0 Å². The molecule has 0 bridgehead atoms. The molecular formula is C12H21N3. The summed E-state index contributed by atoms with van der Waals surface area (Å²) < 4.78 is 0. The summed E-state index contributed by atoms with van der Waals surface area (Å²) in [5, 5.41) is 0. The first-order valence-corrected chi connectivity index (χ1v) is 6.39. The van der Waals surface area contributed by atoms with Gasteiger partial charge in [0.05, 0.1) is 18.4 Å². The Kier molecular flexibility index (Phi) is 2.43. The number of nitrogens with zero attached hydrogens (tertiary/aromatic N) is 2. The summed E-state index contributed by atoms with van der Waals surface area (Å²) in [6.07, 6.45) is 10.1. The van der Waals surface area contributed by atoms with E-state index in [0.29, 0.717) is 6.04 Å². The Hall–Kier alpha value is -0.570. The van der Waals surface area contributed by atoms with Gasteiger partial charge in [-0.25, -0.2) is 0 Å². The van der Waals surface area contributed by atoms with Crippen LogP contribution in [0.5, 0.6) is 0 Å². The first-order chi connectivity index (χ1) is 7.38. The van der Waals surface area contributed by atoms with Gasteiger partial charge in [-0.1, -0.05) is 0 Å². The molecule has 2 aliphatic carbocycles. The van der Waals surface area contributed by atoms with Crippen LogP contribution >= 0.6 is 0 Å². The molecular weight excluding hydrogens is 186 g/mol. The Labute approximate surface area is 91.7 Å². The maximum Gasteiger partial charge on any atom is 0.0859 e. The second-order valence-corrected chi connectivity index (χ2v) is 5.33. The minimum absolute atomic E-state index is 0.611. The minimum Gasteiger partial charge on any atom is -0.355 e. The van der Waals surface area contributed by atoms with Gasteiger partial charge in [-0.05, 0) is 51.0 Å². The van der Waals surface area contributed by atoms with E-state index < -0.39 is 0 Å². The number of hydrogen-bond acceptors (Lipinski definition) is 3. The van der Waals surface area contributed by atoms with Crippen LogP contribution in [0.25, 0.3) is 0 Å². The summed E-state index contributed by atoms with van der Waals surface area (Å²) in [5.74, 6) is 0.860. The number of hydrogen-bond donors (Lipinski definition) is 1. The van der Waals surface area contributed by atoms with E-state index >= 15 is 0 Å². The Bertz CT molecular complexity index is 260. The predicted molar refractivity (Wildman–Crippen MR) is 61.9 cm³/mol. The molecule has 0 aromatic carbocycles. The van der Waals surface area contributed by atoms with E-state index in [1.54, 1.807) is 0 Å². The maximum absolute atomic E-state index is 5.66. The molecule has 0 spiro atoms. The van der Waals surface area contributed by atoms with Gasteiger partial charge in [-0.2, -0.15) is 0 Å². The molecule has 2 N–H and O–H groups in total. The molecule has 0 aromatic heterocycles. The normalized spacial score (nSPS) is 39.5. The quantitative estimate of drug-likeness (QED) is 0.759. The Morgan fingerprint density at radius 3 is 2.87 bits per heavy atom. The zero-order valence-corrected chi connectivity index (χ0v) is 9.31. The summed E-state index contributed by atoms with van der Waals surface area (Å²) in [4.78, 5) is 7.21. The van der Waals surface area contributed by atoms with Gasteiger partial charge >= 0.3 is 0 Å². The van der Waals surface area contributed by atoms with Crippen molar-refractivity contribution in [3.05, 3.63) is 0 Å². The van der Waals surface area contributed by atoms with Crippen LogP contribution in [0.4, 0.5) is 0 Å². The first-order valence-electron chi connectivity index (χ1n) is 6.39. The molecule has 0 radical (unpaired) electrons. The molecule has 3 rings (SSSR count). The summed E-state index contributed by atoms with van der Waals surface area (Å²) in [6, 6.07) is 2.17. The molecule has 3 nitrogen and oxygen atoms in total. The van der Waals surface area contributed by atoms with Crippen molar-refractivity contribution >= 4 is 6.34 Å². The molecule has 0 saturated heterocycles. The molecule has 0 amide bonds. The number of nitrogens with two attached hydrogens (primary N) is 1. The molecule has 3 atom stereocenters. The number of fused-ring (bicyclic) bond motifs is 1. The Balaban J connectivity index is 1.64. The lowest BCUT2D eigenvalue weighted by atomic mass is 9.81. The van der Waals surface area contributed by atoms with Crippen molar-refractivity contribution in [3.8, 4) is 0 Å². The summed E-state index contributed by atoms with van der Waals surface area (Å²) >= 11 is 0. The van der Waals surface area contributed by atoms with Gasteiger partial charge in [0.25, 0.3) is 0 Å². The second kappa shape index (κ2) is 3.78.